The molecule has 7 heteroatoms. The van der Waals surface area contributed by atoms with Crippen molar-refractivity contribution in [2.45, 2.75) is 0 Å². The zero-order valence-electron chi connectivity index (χ0n) is 4.35. The van der Waals surface area contributed by atoms with E-state index in [1.54, 1.807) is 0 Å². The molecule has 0 N–H and O–H groups in total. The molecule has 0 unspecified atom stereocenters. The molecule has 0 saturated heterocycles. The third-order valence-corrected chi connectivity index (χ3v) is 0.799. The van der Waals surface area contributed by atoms with Gasteiger partial charge in [0.05, 0.1) is 0 Å². The molecule has 0 aliphatic rings. The van der Waals surface area contributed by atoms with E-state index in [1.165, 1.54) is 0 Å². The number of hydrogen-bond donors (Lipinski definition) is 0. The van der Waals surface area contributed by atoms with E-state index < -0.39 is 17.4 Å². The lowest BCUT2D eigenvalue weighted by atomic mass is 11.4. The topological polar surface area (TPSA) is 61.8 Å². The molecule has 5 nitrogen and oxygen atoms in total. The second-order valence-corrected chi connectivity index (χ2v) is 1.66. The lowest BCUT2D eigenvalue weighted by molar-refractivity contribution is -0.0445. The standard InChI is InChI=1S/C2H4O5P2/c3-8-6-1-5-2-7-9-4/h1-2H2. The molecule has 0 bridgehead atoms. The number of hydrogen-bond acceptors (Lipinski definition) is 5. The fraction of sp³-hybridized carbons (Fsp3) is 1.00. The first-order valence-corrected chi connectivity index (χ1v) is 3.35. The Hall–Kier alpha value is 0.0800. The van der Waals surface area contributed by atoms with Crippen molar-refractivity contribution in [2.24, 2.45) is 0 Å². The van der Waals surface area contributed by atoms with Crippen LogP contribution >= 0.6 is 17.4 Å². The Morgan fingerprint density at radius 2 is 1.44 bits per heavy atom. The number of rotatable bonds is 6. The minimum atomic E-state index is -0.446. The van der Waals surface area contributed by atoms with Crippen LogP contribution in [0.5, 0.6) is 0 Å². The van der Waals surface area contributed by atoms with Crippen LogP contribution in [0.1, 0.15) is 0 Å². The van der Waals surface area contributed by atoms with Crippen LogP contribution < -0.4 is 0 Å². The molecule has 0 aliphatic heterocycles. The largest absolute Gasteiger partial charge is 0.329 e. The fourth-order valence-corrected chi connectivity index (χ4v) is 0.387. The van der Waals surface area contributed by atoms with E-state index in [1.807, 2.05) is 0 Å². The van der Waals surface area contributed by atoms with Gasteiger partial charge in [-0.25, -0.2) is 9.13 Å². The Morgan fingerprint density at radius 3 is 1.78 bits per heavy atom. The van der Waals surface area contributed by atoms with Crippen molar-refractivity contribution in [3.63, 3.8) is 0 Å². The van der Waals surface area contributed by atoms with Gasteiger partial charge in [0, 0.05) is 0 Å². The maximum atomic E-state index is 9.53. The summed E-state index contributed by atoms with van der Waals surface area (Å²) in [4.78, 5) is 0. The normalized spacial score (nSPS) is 10.7. The highest BCUT2D eigenvalue weighted by Crippen LogP contribution is 1.96. The van der Waals surface area contributed by atoms with Crippen molar-refractivity contribution in [3.8, 4) is 0 Å². The summed E-state index contributed by atoms with van der Waals surface area (Å²) >= 11 is 0. The Morgan fingerprint density at radius 1 is 1.00 bits per heavy atom. The van der Waals surface area contributed by atoms with Gasteiger partial charge < -0.3 is 4.74 Å². The van der Waals surface area contributed by atoms with E-state index in [0.717, 1.165) is 0 Å². The quantitative estimate of drug-likeness (QED) is 0.342. The van der Waals surface area contributed by atoms with Crippen molar-refractivity contribution in [2.75, 3.05) is 13.6 Å². The van der Waals surface area contributed by atoms with Crippen LogP contribution in [0.4, 0.5) is 0 Å². The lowest BCUT2D eigenvalue weighted by Crippen LogP contribution is -1.94. The molecule has 0 radical (unpaired) electrons. The van der Waals surface area contributed by atoms with Gasteiger partial charge in [0.2, 0.25) is 0 Å². The maximum Gasteiger partial charge on any atom is 0.329 e. The molecule has 0 amide bonds. The summed E-state index contributed by atoms with van der Waals surface area (Å²) in [5.41, 5.74) is 0. The lowest BCUT2D eigenvalue weighted by Gasteiger charge is -1.94. The first-order valence-electron chi connectivity index (χ1n) is 1.88. The van der Waals surface area contributed by atoms with Crippen LogP contribution in [0.25, 0.3) is 0 Å². The third-order valence-electron chi connectivity index (χ3n) is 0.377. The van der Waals surface area contributed by atoms with Crippen molar-refractivity contribution in [3.05, 3.63) is 0 Å². The average molecular weight is 170 g/mol. The van der Waals surface area contributed by atoms with Crippen molar-refractivity contribution < 1.29 is 22.9 Å². The van der Waals surface area contributed by atoms with Crippen LogP contribution in [0, 0.1) is 0 Å². The molecule has 0 atom stereocenters. The van der Waals surface area contributed by atoms with Crippen LogP contribution in [0.3, 0.4) is 0 Å². The minimum Gasteiger partial charge on any atom is -0.328 e. The van der Waals surface area contributed by atoms with E-state index >= 15 is 0 Å². The molecule has 0 aliphatic carbocycles. The Kier molecular flexibility index (Phi) is 8.15. The summed E-state index contributed by atoms with van der Waals surface area (Å²) < 4.78 is 31.9. The Labute approximate surface area is 54.9 Å². The van der Waals surface area contributed by atoms with Gasteiger partial charge in [-0.05, 0) is 0 Å². The molecule has 0 aromatic rings. The molecule has 0 aromatic heterocycles. The van der Waals surface area contributed by atoms with Crippen LogP contribution in [-0.4, -0.2) is 13.6 Å². The first-order chi connectivity index (χ1) is 4.41. The minimum absolute atomic E-state index is 0.138. The van der Waals surface area contributed by atoms with E-state index in [2.05, 4.69) is 13.8 Å². The first kappa shape index (κ1) is 9.08. The zero-order chi connectivity index (χ0) is 6.95. The molecule has 0 saturated carbocycles. The highest BCUT2D eigenvalue weighted by atomic mass is 31.1. The molecular weight excluding hydrogens is 166 g/mol. The number of ether oxygens (including phenoxy) is 1. The van der Waals surface area contributed by atoms with Crippen molar-refractivity contribution in [1.29, 1.82) is 0 Å². The smallest absolute Gasteiger partial charge is 0.328 e. The van der Waals surface area contributed by atoms with Crippen LogP contribution in [-0.2, 0) is 22.9 Å². The van der Waals surface area contributed by atoms with E-state index in [0.29, 0.717) is 0 Å². The molecular formula is C2H4O5P2. The van der Waals surface area contributed by atoms with E-state index in [9.17, 15) is 9.13 Å². The van der Waals surface area contributed by atoms with Gasteiger partial charge in [0.15, 0.2) is 13.6 Å². The summed E-state index contributed by atoms with van der Waals surface area (Å²) in [5.74, 6) is 0. The van der Waals surface area contributed by atoms with Crippen LogP contribution in [0.15, 0.2) is 0 Å². The van der Waals surface area contributed by atoms with Gasteiger partial charge in [-0.1, -0.05) is 0 Å². The predicted octanol–water partition coefficient (Wildman–Crippen LogP) is 1.36. The van der Waals surface area contributed by atoms with Gasteiger partial charge in [-0.15, -0.1) is 0 Å². The summed E-state index contributed by atoms with van der Waals surface area (Å²) in [6.45, 7) is -0.277. The van der Waals surface area contributed by atoms with Gasteiger partial charge >= 0.3 is 17.4 Å². The summed E-state index contributed by atoms with van der Waals surface area (Å²) in [5, 5.41) is 0. The second-order valence-electron chi connectivity index (χ2n) is 0.847. The summed E-state index contributed by atoms with van der Waals surface area (Å²) in [7, 11) is -0.893. The Balaban J connectivity index is 2.74. The monoisotopic (exact) mass is 170 g/mol. The second kappa shape index (κ2) is 8.08. The average Bonchev–Trinajstić information content (AvgIpc) is 1.89. The highest BCUT2D eigenvalue weighted by molar-refractivity contribution is 7.17. The highest BCUT2D eigenvalue weighted by Gasteiger charge is 1.85. The van der Waals surface area contributed by atoms with Crippen LogP contribution in [0.2, 0.25) is 0 Å². The van der Waals surface area contributed by atoms with E-state index in [4.69, 9.17) is 0 Å². The SMILES string of the molecule is O=POCOCOP=O. The van der Waals surface area contributed by atoms with E-state index in [-0.39, 0.29) is 13.6 Å². The molecule has 0 heterocycles. The van der Waals surface area contributed by atoms with Gasteiger partial charge in [0.1, 0.15) is 0 Å². The molecule has 9 heavy (non-hydrogen) atoms. The van der Waals surface area contributed by atoms with Crippen molar-refractivity contribution in [1.82, 2.24) is 0 Å². The molecule has 0 spiro atoms. The Bertz CT molecular complexity index is 75.0. The third kappa shape index (κ3) is 8.08. The maximum absolute atomic E-state index is 9.53. The molecule has 0 rings (SSSR count). The summed E-state index contributed by atoms with van der Waals surface area (Å²) in [6.07, 6.45) is 0. The van der Waals surface area contributed by atoms with Gasteiger partial charge in [0.25, 0.3) is 0 Å². The predicted molar refractivity (Wildman–Crippen MR) is 28.2 cm³/mol. The summed E-state index contributed by atoms with van der Waals surface area (Å²) in [6, 6.07) is 0. The zero-order valence-corrected chi connectivity index (χ0v) is 6.14. The molecule has 0 fully saturated rings. The van der Waals surface area contributed by atoms with Crippen molar-refractivity contribution >= 4 is 17.4 Å². The fourth-order valence-electron chi connectivity index (χ4n) is 0.152. The molecule has 0 aromatic carbocycles. The van der Waals surface area contributed by atoms with Gasteiger partial charge in [-0.2, -0.15) is 0 Å². The molecule has 52 valence electrons. The van der Waals surface area contributed by atoms with Gasteiger partial charge in [-0.3, -0.25) is 9.05 Å².